The summed E-state index contributed by atoms with van der Waals surface area (Å²) < 4.78 is 50.8. The number of piperidine rings is 1. The smallest absolute Gasteiger partial charge is 0.416 e. The summed E-state index contributed by atoms with van der Waals surface area (Å²) in [5.41, 5.74) is -1.33. The van der Waals surface area contributed by atoms with Crippen molar-refractivity contribution in [2.75, 3.05) is 19.6 Å². The fraction of sp³-hybridized carbons (Fsp3) is 0.406. The highest BCUT2D eigenvalue weighted by atomic mass is 19.4. The molecule has 2 aliphatic rings. The number of esters is 2. The number of hydrogen-bond acceptors (Lipinski definition) is 6. The third-order valence-corrected chi connectivity index (χ3v) is 8.06. The molecule has 1 N–H and O–H groups in total. The van der Waals surface area contributed by atoms with E-state index in [1.54, 1.807) is 24.3 Å². The first-order chi connectivity index (χ1) is 19.9. The molecular weight excluding hydrogens is 549 g/mol. The quantitative estimate of drug-likeness (QED) is 0.193. The second-order valence-electron chi connectivity index (χ2n) is 11.0. The van der Waals surface area contributed by atoms with Crippen LogP contribution in [0, 0.1) is 0 Å². The van der Waals surface area contributed by atoms with Crippen molar-refractivity contribution in [3.05, 3.63) is 84.0 Å². The van der Waals surface area contributed by atoms with Gasteiger partial charge in [0.1, 0.15) is 11.4 Å². The van der Waals surface area contributed by atoms with E-state index in [0.29, 0.717) is 51.1 Å². The number of likely N-dealkylation sites (tertiary alicyclic amines) is 1. The molecule has 42 heavy (non-hydrogen) atoms. The second kappa shape index (κ2) is 12.5. The van der Waals surface area contributed by atoms with Crippen molar-refractivity contribution in [2.24, 2.45) is 0 Å². The number of benzene rings is 2. The topological polar surface area (TPSA) is 84.9 Å². The predicted octanol–water partition coefficient (Wildman–Crippen LogP) is 5.44. The number of ether oxygens (including phenoxy) is 2. The number of alkyl halides is 3. The van der Waals surface area contributed by atoms with Crippen LogP contribution in [0.1, 0.15) is 56.2 Å². The first-order valence-corrected chi connectivity index (χ1v) is 13.8. The summed E-state index contributed by atoms with van der Waals surface area (Å²) in [7, 11) is 0. The first kappa shape index (κ1) is 31.0. The van der Waals surface area contributed by atoms with Crippen LogP contribution in [0.5, 0.6) is 5.75 Å². The van der Waals surface area contributed by atoms with Gasteiger partial charge in [0.2, 0.25) is 5.91 Å². The van der Waals surface area contributed by atoms with Crippen LogP contribution in [0.15, 0.2) is 67.3 Å². The molecule has 0 radical (unpaired) electrons. The van der Waals surface area contributed by atoms with E-state index in [1.807, 2.05) is 6.07 Å². The molecule has 1 saturated heterocycles. The van der Waals surface area contributed by atoms with Gasteiger partial charge in [-0.2, -0.15) is 13.2 Å². The number of fused-ring (bicyclic) bond motifs is 1. The lowest BCUT2D eigenvalue weighted by Crippen LogP contribution is -2.68. The summed E-state index contributed by atoms with van der Waals surface area (Å²) in [5, 5.41) is 3.01. The van der Waals surface area contributed by atoms with Crippen LogP contribution in [0.25, 0.3) is 6.08 Å². The minimum absolute atomic E-state index is 0.255. The van der Waals surface area contributed by atoms with Gasteiger partial charge in [0, 0.05) is 44.5 Å². The molecule has 1 saturated carbocycles. The Bertz CT molecular complexity index is 1370. The van der Waals surface area contributed by atoms with Gasteiger partial charge < -0.3 is 14.8 Å². The zero-order chi connectivity index (χ0) is 30.5. The third-order valence-electron chi connectivity index (χ3n) is 8.06. The van der Waals surface area contributed by atoms with Gasteiger partial charge in [0.05, 0.1) is 5.56 Å². The maximum absolute atomic E-state index is 13.1. The van der Waals surface area contributed by atoms with Gasteiger partial charge in [0.25, 0.3) is 0 Å². The summed E-state index contributed by atoms with van der Waals surface area (Å²) in [5.74, 6) is -0.944. The van der Waals surface area contributed by atoms with Gasteiger partial charge in [-0.05, 0) is 73.7 Å². The normalized spacial score (nSPS) is 24.5. The zero-order valence-corrected chi connectivity index (χ0v) is 23.7. The number of amides is 1. The number of nitrogens with one attached hydrogen (secondary N) is 1. The SMILES string of the molecule is C=CCN1CCC2(c3cccc(OC(C)=O)c3)CC(NC(=O)C=Cc3cccc(C(F)(F)F)c3)CCC2(OC(C)=O)C1. The van der Waals surface area contributed by atoms with Crippen molar-refractivity contribution in [1.29, 1.82) is 0 Å². The standard InChI is InChI=1S/C32H35F3N2O5/c1-4-16-37-17-15-30(25-8-6-10-28(19-25)41-22(2)38)20-27(13-14-31(30,21-37)42-23(3)39)36-29(40)12-11-24-7-5-9-26(18-24)32(33,34)35/h4-12,18-19,27H,1,13-17,20-21H2,2-3H3,(H,36,40). The van der Waals surface area contributed by atoms with Gasteiger partial charge in [-0.15, -0.1) is 6.58 Å². The molecule has 4 rings (SSSR count). The average Bonchev–Trinajstić information content (AvgIpc) is 2.91. The Hall–Kier alpha value is -3.92. The molecule has 3 unspecified atom stereocenters. The molecule has 1 heterocycles. The number of carbonyl (C=O) groups is 3. The molecule has 0 spiro atoms. The Morgan fingerprint density at radius 2 is 1.86 bits per heavy atom. The van der Waals surface area contributed by atoms with E-state index in [2.05, 4.69) is 16.8 Å². The average molecular weight is 585 g/mol. The van der Waals surface area contributed by atoms with Gasteiger partial charge in [0.15, 0.2) is 0 Å². The van der Waals surface area contributed by atoms with Crippen molar-refractivity contribution < 1.29 is 37.0 Å². The Balaban J connectivity index is 1.64. The molecule has 2 fully saturated rings. The third kappa shape index (κ3) is 6.92. The van der Waals surface area contributed by atoms with E-state index in [1.165, 1.54) is 38.1 Å². The highest BCUT2D eigenvalue weighted by Crippen LogP contribution is 2.54. The molecule has 0 aromatic heterocycles. The van der Waals surface area contributed by atoms with Gasteiger partial charge in [-0.1, -0.05) is 30.3 Å². The lowest BCUT2D eigenvalue weighted by Gasteiger charge is -2.59. The monoisotopic (exact) mass is 584 g/mol. The van der Waals surface area contributed by atoms with Crippen LogP contribution in [0.4, 0.5) is 13.2 Å². The minimum Gasteiger partial charge on any atom is -0.457 e. The Kier molecular flexibility index (Phi) is 9.25. The zero-order valence-electron chi connectivity index (χ0n) is 23.7. The molecular formula is C32H35F3N2O5. The molecule has 3 atom stereocenters. The van der Waals surface area contributed by atoms with E-state index < -0.39 is 40.6 Å². The van der Waals surface area contributed by atoms with Gasteiger partial charge in [-0.3, -0.25) is 19.3 Å². The lowest BCUT2D eigenvalue weighted by molar-refractivity contribution is -0.186. The van der Waals surface area contributed by atoms with Crippen molar-refractivity contribution in [3.63, 3.8) is 0 Å². The van der Waals surface area contributed by atoms with E-state index in [9.17, 15) is 27.6 Å². The van der Waals surface area contributed by atoms with E-state index in [4.69, 9.17) is 9.47 Å². The van der Waals surface area contributed by atoms with E-state index in [0.717, 1.165) is 17.7 Å². The molecule has 10 heteroatoms. The Labute approximate surface area is 243 Å². The van der Waals surface area contributed by atoms with E-state index in [-0.39, 0.29) is 11.6 Å². The second-order valence-corrected chi connectivity index (χ2v) is 11.0. The van der Waals surface area contributed by atoms with Crippen molar-refractivity contribution in [1.82, 2.24) is 10.2 Å². The van der Waals surface area contributed by atoms with Crippen molar-refractivity contribution >= 4 is 23.9 Å². The van der Waals surface area contributed by atoms with Crippen LogP contribution in [-0.4, -0.2) is 54.0 Å². The minimum atomic E-state index is -4.48. The highest BCUT2D eigenvalue weighted by Gasteiger charge is 2.60. The first-order valence-electron chi connectivity index (χ1n) is 13.8. The fourth-order valence-electron chi connectivity index (χ4n) is 6.41. The van der Waals surface area contributed by atoms with E-state index >= 15 is 0 Å². The van der Waals surface area contributed by atoms with Crippen molar-refractivity contribution in [2.45, 2.75) is 62.8 Å². The Morgan fingerprint density at radius 3 is 2.55 bits per heavy atom. The van der Waals surface area contributed by atoms with Crippen LogP contribution in [0.3, 0.4) is 0 Å². The molecule has 224 valence electrons. The summed E-state index contributed by atoms with van der Waals surface area (Å²) in [6, 6.07) is 11.6. The summed E-state index contributed by atoms with van der Waals surface area (Å²) in [4.78, 5) is 39.3. The molecule has 1 aliphatic heterocycles. The number of nitrogens with zero attached hydrogens (tertiary/aromatic N) is 1. The summed E-state index contributed by atoms with van der Waals surface area (Å²) >= 11 is 0. The molecule has 1 aliphatic carbocycles. The molecule has 2 aromatic rings. The molecule has 0 bridgehead atoms. The molecule has 2 aromatic carbocycles. The molecule has 7 nitrogen and oxygen atoms in total. The van der Waals surface area contributed by atoms with Gasteiger partial charge >= 0.3 is 18.1 Å². The number of carbonyl (C=O) groups excluding carboxylic acids is 3. The van der Waals surface area contributed by atoms with Crippen molar-refractivity contribution in [3.8, 4) is 5.75 Å². The van der Waals surface area contributed by atoms with Crippen LogP contribution in [0.2, 0.25) is 0 Å². The lowest BCUT2D eigenvalue weighted by atomic mass is 9.55. The largest absolute Gasteiger partial charge is 0.457 e. The predicted molar refractivity (Wildman–Crippen MR) is 151 cm³/mol. The maximum Gasteiger partial charge on any atom is 0.416 e. The number of rotatable bonds is 8. The van der Waals surface area contributed by atoms with Crippen LogP contribution < -0.4 is 10.1 Å². The Morgan fingerprint density at radius 1 is 1.10 bits per heavy atom. The number of hydrogen-bond donors (Lipinski definition) is 1. The number of halogens is 3. The maximum atomic E-state index is 13.1. The van der Waals surface area contributed by atoms with Gasteiger partial charge in [-0.25, -0.2) is 0 Å². The summed E-state index contributed by atoms with van der Waals surface area (Å²) in [6.07, 6.45) is 1.92. The fourth-order valence-corrected chi connectivity index (χ4v) is 6.41. The highest BCUT2D eigenvalue weighted by molar-refractivity contribution is 5.92. The van der Waals surface area contributed by atoms with Crippen LogP contribution in [-0.2, 0) is 30.7 Å². The molecule has 1 amide bonds. The summed E-state index contributed by atoms with van der Waals surface area (Å²) in [6.45, 7) is 8.32. The van der Waals surface area contributed by atoms with Crippen LogP contribution >= 0.6 is 0 Å².